The molecule has 0 aliphatic carbocycles. The minimum atomic E-state index is -0.0360. The van der Waals surface area contributed by atoms with Crippen LogP contribution in [0.25, 0.3) is 11.3 Å². The minimum absolute atomic E-state index is 0.0360. The normalized spacial score (nSPS) is 10.6. The Morgan fingerprint density at radius 2 is 2.00 bits per heavy atom. The monoisotopic (exact) mass is 243 g/mol. The van der Waals surface area contributed by atoms with E-state index in [1.54, 1.807) is 10.6 Å². The second-order valence-electron chi connectivity index (χ2n) is 4.06. The van der Waals surface area contributed by atoms with Gasteiger partial charge >= 0.3 is 0 Å². The second kappa shape index (κ2) is 5.60. The van der Waals surface area contributed by atoms with Gasteiger partial charge in [-0.3, -0.25) is 9.36 Å². The van der Waals surface area contributed by atoms with Gasteiger partial charge in [0.2, 0.25) is 0 Å². The van der Waals surface area contributed by atoms with Crippen molar-refractivity contribution in [2.45, 2.75) is 19.9 Å². The zero-order valence-electron chi connectivity index (χ0n) is 10.5. The highest BCUT2D eigenvalue weighted by Gasteiger charge is 2.07. The van der Waals surface area contributed by atoms with Gasteiger partial charge in [-0.15, -0.1) is 0 Å². The SMILES string of the molecule is CCc1nc(-c2ccccc2)cc(=O)n1CCN. The van der Waals surface area contributed by atoms with Crippen LogP contribution in [0.4, 0.5) is 0 Å². The van der Waals surface area contributed by atoms with Crippen LogP contribution in [0.15, 0.2) is 41.2 Å². The van der Waals surface area contributed by atoms with Crippen molar-refractivity contribution < 1.29 is 0 Å². The molecule has 0 saturated carbocycles. The molecule has 18 heavy (non-hydrogen) atoms. The molecule has 2 N–H and O–H groups in total. The summed E-state index contributed by atoms with van der Waals surface area (Å²) in [5, 5.41) is 0. The maximum absolute atomic E-state index is 12.1. The molecule has 2 aromatic rings. The van der Waals surface area contributed by atoms with Crippen LogP contribution in [0.5, 0.6) is 0 Å². The van der Waals surface area contributed by atoms with Crippen LogP contribution < -0.4 is 11.3 Å². The van der Waals surface area contributed by atoms with Crippen molar-refractivity contribution in [3.05, 3.63) is 52.6 Å². The van der Waals surface area contributed by atoms with E-state index >= 15 is 0 Å². The van der Waals surface area contributed by atoms with E-state index in [4.69, 9.17) is 5.73 Å². The summed E-state index contributed by atoms with van der Waals surface area (Å²) in [4.78, 5) is 16.6. The molecule has 0 radical (unpaired) electrons. The molecule has 0 bridgehead atoms. The molecule has 0 aliphatic rings. The van der Waals surface area contributed by atoms with E-state index in [2.05, 4.69) is 4.98 Å². The largest absolute Gasteiger partial charge is 0.329 e. The lowest BCUT2D eigenvalue weighted by atomic mass is 10.1. The Kier molecular flexibility index (Phi) is 3.89. The topological polar surface area (TPSA) is 60.9 Å². The van der Waals surface area contributed by atoms with E-state index in [0.717, 1.165) is 23.5 Å². The average Bonchev–Trinajstić information content (AvgIpc) is 2.42. The maximum atomic E-state index is 12.1. The lowest BCUT2D eigenvalue weighted by Gasteiger charge is -2.11. The fraction of sp³-hybridized carbons (Fsp3) is 0.286. The highest BCUT2D eigenvalue weighted by molar-refractivity contribution is 5.58. The molecule has 1 aromatic carbocycles. The molecule has 0 saturated heterocycles. The van der Waals surface area contributed by atoms with Gasteiger partial charge in [-0.25, -0.2) is 4.98 Å². The second-order valence-corrected chi connectivity index (χ2v) is 4.06. The van der Waals surface area contributed by atoms with Crippen molar-refractivity contribution >= 4 is 0 Å². The number of aromatic nitrogens is 2. The first kappa shape index (κ1) is 12.5. The molecule has 0 aliphatic heterocycles. The van der Waals surface area contributed by atoms with Gasteiger partial charge in [0, 0.05) is 31.1 Å². The molecule has 4 heteroatoms. The third kappa shape index (κ3) is 2.49. The van der Waals surface area contributed by atoms with Crippen LogP contribution in [-0.2, 0) is 13.0 Å². The van der Waals surface area contributed by atoms with Gasteiger partial charge in [0.15, 0.2) is 0 Å². The van der Waals surface area contributed by atoms with E-state index in [1.165, 1.54) is 0 Å². The average molecular weight is 243 g/mol. The molecule has 0 spiro atoms. The third-order valence-corrected chi connectivity index (χ3v) is 2.83. The van der Waals surface area contributed by atoms with E-state index in [9.17, 15) is 4.79 Å². The number of nitrogens with two attached hydrogens (primary N) is 1. The number of rotatable bonds is 4. The zero-order valence-corrected chi connectivity index (χ0v) is 10.5. The number of nitrogens with zero attached hydrogens (tertiary/aromatic N) is 2. The molecule has 2 rings (SSSR count). The smallest absolute Gasteiger partial charge is 0.254 e. The Labute approximate surface area is 106 Å². The molecular formula is C14H17N3O. The van der Waals surface area contributed by atoms with E-state index < -0.39 is 0 Å². The number of hydrogen-bond donors (Lipinski definition) is 1. The minimum Gasteiger partial charge on any atom is -0.329 e. The molecule has 1 heterocycles. The number of hydrogen-bond acceptors (Lipinski definition) is 3. The lowest BCUT2D eigenvalue weighted by molar-refractivity contribution is 0.623. The summed E-state index contributed by atoms with van der Waals surface area (Å²) in [6.07, 6.45) is 0.718. The van der Waals surface area contributed by atoms with Crippen LogP contribution in [0.2, 0.25) is 0 Å². The van der Waals surface area contributed by atoms with Crippen LogP contribution in [0.1, 0.15) is 12.7 Å². The highest BCUT2D eigenvalue weighted by Crippen LogP contribution is 2.14. The fourth-order valence-electron chi connectivity index (χ4n) is 1.95. The van der Waals surface area contributed by atoms with Crippen molar-refractivity contribution in [2.24, 2.45) is 5.73 Å². The Morgan fingerprint density at radius 1 is 1.28 bits per heavy atom. The molecule has 0 atom stereocenters. The van der Waals surface area contributed by atoms with Gasteiger partial charge in [-0.1, -0.05) is 37.3 Å². The van der Waals surface area contributed by atoms with Gasteiger partial charge < -0.3 is 5.73 Å². The first-order valence-electron chi connectivity index (χ1n) is 6.12. The van der Waals surface area contributed by atoms with Crippen LogP contribution in [0, 0.1) is 0 Å². The standard InChI is InChI=1S/C14H17N3O/c1-2-13-16-12(11-6-4-3-5-7-11)10-14(18)17(13)9-8-15/h3-7,10H,2,8-9,15H2,1H3. The predicted molar refractivity (Wildman–Crippen MR) is 72.4 cm³/mol. The van der Waals surface area contributed by atoms with Crippen molar-refractivity contribution in [1.29, 1.82) is 0 Å². The molecule has 1 aromatic heterocycles. The molecular weight excluding hydrogens is 226 g/mol. The van der Waals surface area contributed by atoms with Gasteiger partial charge in [0.25, 0.3) is 5.56 Å². The summed E-state index contributed by atoms with van der Waals surface area (Å²) in [5.74, 6) is 0.784. The van der Waals surface area contributed by atoms with E-state index in [0.29, 0.717) is 13.1 Å². The lowest BCUT2D eigenvalue weighted by Crippen LogP contribution is -2.27. The van der Waals surface area contributed by atoms with Gasteiger partial charge in [0.1, 0.15) is 5.82 Å². The Bertz CT molecular complexity index is 575. The van der Waals surface area contributed by atoms with Crippen molar-refractivity contribution in [3.8, 4) is 11.3 Å². The van der Waals surface area contributed by atoms with E-state index in [-0.39, 0.29) is 5.56 Å². The number of benzene rings is 1. The summed E-state index contributed by atoms with van der Waals surface area (Å²) in [6.45, 7) is 2.95. The Balaban J connectivity index is 2.53. The van der Waals surface area contributed by atoms with Gasteiger partial charge in [-0.05, 0) is 0 Å². The summed E-state index contributed by atoms with van der Waals surface area (Å²) in [7, 11) is 0. The zero-order chi connectivity index (χ0) is 13.0. The molecule has 94 valence electrons. The Hall–Kier alpha value is -1.94. The van der Waals surface area contributed by atoms with Crippen molar-refractivity contribution in [3.63, 3.8) is 0 Å². The summed E-state index contributed by atoms with van der Waals surface area (Å²) < 4.78 is 1.65. The predicted octanol–water partition coefficient (Wildman–Crippen LogP) is 1.43. The van der Waals surface area contributed by atoms with E-state index in [1.807, 2.05) is 37.3 Å². The Morgan fingerprint density at radius 3 is 2.61 bits per heavy atom. The molecule has 0 fully saturated rings. The fourth-order valence-corrected chi connectivity index (χ4v) is 1.95. The first-order chi connectivity index (χ1) is 8.76. The van der Waals surface area contributed by atoms with Crippen LogP contribution in [0.3, 0.4) is 0 Å². The molecule has 4 nitrogen and oxygen atoms in total. The van der Waals surface area contributed by atoms with Crippen molar-refractivity contribution in [2.75, 3.05) is 6.54 Å². The van der Waals surface area contributed by atoms with Crippen LogP contribution in [-0.4, -0.2) is 16.1 Å². The summed E-state index contributed by atoms with van der Waals surface area (Å²) in [6, 6.07) is 11.3. The number of aryl methyl sites for hydroxylation is 1. The van der Waals surface area contributed by atoms with Crippen LogP contribution >= 0.6 is 0 Å². The first-order valence-corrected chi connectivity index (χ1v) is 6.12. The third-order valence-electron chi connectivity index (χ3n) is 2.83. The molecule has 0 unspecified atom stereocenters. The molecule has 0 amide bonds. The summed E-state index contributed by atoms with van der Waals surface area (Å²) >= 11 is 0. The summed E-state index contributed by atoms with van der Waals surface area (Å²) in [5.41, 5.74) is 7.17. The van der Waals surface area contributed by atoms with Gasteiger partial charge in [0.05, 0.1) is 5.69 Å². The maximum Gasteiger partial charge on any atom is 0.254 e. The van der Waals surface area contributed by atoms with Gasteiger partial charge in [-0.2, -0.15) is 0 Å². The van der Waals surface area contributed by atoms with Crippen molar-refractivity contribution in [1.82, 2.24) is 9.55 Å². The quantitative estimate of drug-likeness (QED) is 0.883. The highest BCUT2D eigenvalue weighted by atomic mass is 16.1.